The Morgan fingerprint density at radius 3 is 2.95 bits per heavy atom. The van der Waals surface area contributed by atoms with Gasteiger partial charge in [0.2, 0.25) is 5.88 Å². The number of nitrogens with zero attached hydrogens (tertiary/aromatic N) is 2. The van der Waals surface area contributed by atoms with Gasteiger partial charge in [-0.05, 0) is 44.2 Å². The second-order valence-corrected chi connectivity index (χ2v) is 4.68. The third-order valence-electron chi connectivity index (χ3n) is 3.32. The van der Waals surface area contributed by atoms with E-state index < -0.39 is 0 Å². The predicted octanol–water partition coefficient (Wildman–Crippen LogP) is 1.47. The van der Waals surface area contributed by atoms with E-state index in [0.717, 1.165) is 36.9 Å². The molecule has 1 heterocycles. The van der Waals surface area contributed by atoms with E-state index >= 15 is 0 Å². The molecule has 0 saturated carbocycles. The number of rotatable bonds is 6. The Kier molecular flexibility index (Phi) is 5.17. The first kappa shape index (κ1) is 14.6. The first-order chi connectivity index (χ1) is 9.76. The topological polar surface area (TPSA) is 90.0 Å². The van der Waals surface area contributed by atoms with Crippen LogP contribution >= 0.6 is 0 Å². The van der Waals surface area contributed by atoms with Crippen molar-refractivity contribution in [2.75, 3.05) is 19.8 Å². The van der Waals surface area contributed by atoms with Gasteiger partial charge in [-0.1, -0.05) is 5.16 Å². The van der Waals surface area contributed by atoms with E-state index in [4.69, 9.17) is 20.4 Å². The smallest absolute Gasteiger partial charge is 0.224 e. The van der Waals surface area contributed by atoms with Crippen molar-refractivity contribution >= 4 is 5.84 Å². The molecule has 1 aromatic heterocycles. The van der Waals surface area contributed by atoms with Crippen LogP contribution in [0, 0.1) is 0 Å². The molecule has 0 aliphatic heterocycles. The lowest BCUT2D eigenvalue weighted by Gasteiger charge is -2.18. The van der Waals surface area contributed by atoms with E-state index in [0.29, 0.717) is 31.3 Å². The predicted molar refractivity (Wildman–Crippen MR) is 75.4 cm³/mol. The van der Waals surface area contributed by atoms with Crippen molar-refractivity contribution in [2.24, 2.45) is 10.9 Å². The van der Waals surface area contributed by atoms with Gasteiger partial charge in [0, 0.05) is 12.3 Å². The minimum absolute atomic E-state index is 0.0253. The number of hydrogen-bond acceptors (Lipinski definition) is 5. The molecule has 0 bridgehead atoms. The van der Waals surface area contributed by atoms with Gasteiger partial charge in [-0.3, -0.25) is 0 Å². The zero-order chi connectivity index (χ0) is 14.4. The highest BCUT2D eigenvalue weighted by Gasteiger charge is 2.18. The molecule has 6 heteroatoms. The number of ether oxygens (including phenoxy) is 2. The molecule has 0 fully saturated rings. The summed E-state index contributed by atoms with van der Waals surface area (Å²) in [5.74, 6) is 0.443. The fourth-order valence-corrected chi connectivity index (χ4v) is 2.30. The number of aromatic nitrogens is 1. The van der Waals surface area contributed by atoms with Crippen molar-refractivity contribution in [3.8, 4) is 5.88 Å². The SMILES string of the molecule is CCOCCOc1nc2c(cc1C(N)=NO)CCCC2. The number of amidine groups is 1. The maximum atomic E-state index is 8.88. The van der Waals surface area contributed by atoms with Gasteiger partial charge in [0.05, 0.1) is 12.2 Å². The second-order valence-electron chi connectivity index (χ2n) is 4.68. The molecule has 0 unspecified atom stereocenters. The third kappa shape index (κ3) is 3.39. The van der Waals surface area contributed by atoms with E-state index in [9.17, 15) is 0 Å². The number of aryl methyl sites for hydroxylation is 2. The van der Waals surface area contributed by atoms with Crippen LogP contribution in [0.5, 0.6) is 5.88 Å². The Labute approximate surface area is 118 Å². The molecule has 0 amide bonds. The van der Waals surface area contributed by atoms with Gasteiger partial charge in [0.15, 0.2) is 5.84 Å². The average molecular weight is 279 g/mol. The van der Waals surface area contributed by atoms with Crippen LogP contribution < -0.4 is 10.5 Å². The highest BCUT2D eigenvalue weighted by Crippen LogP contribution is 2.26. The highest BCUT2D eigenvalue weighted by atomic mass is 16.5. The van der Waals surface area contributed by atoms with Crippen molar-refractivity contribution in [1.82, 2.24) is 4.98 Å². The summed E-state index contributed by atoms with van der Waals surface area (Å²) < 4.78 is 10.9. The Morgan fingerprint density at radius 2 is 2.20 bits per heavy atom. The van der Waals surface area contributed by atoms with Crippen LogP contribution in [-0.2, 0) is 17.6 Å². The van der Waals surface area contributed by atoms with Crippen LogP contribution in [0.1, 0.15) is 36.6 Å². The van der Waals surface area contributed by atoms with Gasteiger partial charge in [-0.15, -0.1) is 0 Å². The normalized spacial score (nSPS) is 14.9. The molecule has 0 saturated heterocycles. The summed E-state index contributed by atoms with van der Waals surface area (Å²) in [5.41, 5.74) is 8.47. The summed E-state index contributed by atoms with van der Waals surface area (Å²) >= 11 is 0. The lowest BCUT2D eigenvalue weighted by Crippen LogP contribution is -2.19. The summed E-state index contributed by atoms with van der Waals surface area (Å²) in [6, 6.07) is 1.92. The molecule has 6 nitrogen and oxygen atoms in total. The molecule has 20 heavy (non-hydrogen) atoms. The van der Waals surface area contributed by atoms with Crippen molar-refractivity contribution < 1.29 is 14.7 Å². The van der Waals surface area contributed by atoms with E-state index in [-0.39, 0.29) is 5.84 Å². The molecule has 2 rings (SSSR count). The van der Waals surface area contributed by atoms with Crippen LogP contribution in [0.25, 0.3) is 0 Å². The summed E-state index contributed by atoms with van der Waals surface area (Å²) in [6.45, 7) is 3.46. The zero-order valence-electron chi connectivity index (χ0n) is 11.8. The third-order valence-corrected chi connectivity index (χ3v) is 3.32. The Balaban J connectivity index is 2.22. The molecule has 1 aliphatic carbocycles. The molecule has 110 valence electrons. The summed E-state index contributed by atoms with van der Waals surface area (Å²) in [4.78, 5) is 4.53. The van der Waals surface area contributed by atoms with Crippen LogP contribution in [0.15, 0.2) is 11.2 Å². The van der Waals surface area contributed by atoms with Crippen molar-refractivity contribution in [3.05, 3.63) is 22.9 Å². The summed E-state index contributed by atoms with van der Waals surface area (Å²) in [7, 11) is 0. The van der Waals surface area contributed by atoms with Gasteiger partial charge in [-0.25, -0.2) is 4.98 Å². The first-order valence-electron chi connectivity index (χ1n) is 6.97. The van der Waals surface area contributed by atoms with Gasteiger partial charge >= 0.3 is 0 Å². The zero-order valence-corrected chi connectivity index (χ0v) is 11.8. The molecule has 1 aliphatic rings. The van der Waals surface area contributed by atoms with E-state index in [1.165, 1.54) is 0 Å². The molecular formula is C14H21N3O3. The maximum absolute atomic E-state index is 8.88. The molecular weight excluding hydrogens is 258 g/mol. The fraction of sp³-hybridized carbons (Fsp3) is 0.571. The Bertz CT molecular complexity index is 489. The molecule has 0 atom stereocenters. The van der Waals surface area contributed by atoms with Crippen molar-refractivity contribution in [2.45, 2.75) is 32.6 Å². The molecule has 3 N–H and O–H groups in total. The van der Waals surface area contributed by atoms with Crippen LogP contribution in [-0.4, -0.2) is 35.8 Å². The van der Waals surface area contributed by atoms with Gasteiger partial charge < -0.3 is 20.4 Å². The standard InChI is InChI=1S/C14H21N3O3/c1-2-19-7-8-20-14-11(13(15)17-18)9-10-5-3-4-6-12(10)16-14/h9,18H,2-8H2,1H3,(H2,15,17). The Morgan fingerprint density at radius 1 is 1.40 bits per heavy atom. The fourth-order valence-electron chi connectivity index (χ4n) is 2.30. The minimum atomic E-state index is 0.0253. The second kappa shape index (κ2) is 7.09. The van der Waals surface area contributed by atoms with Crippen LogP contribution in [0.2, 0.25) is 0 Å². The minimum Gasteiger partial charge on any atom is -0.475 e. The van der Waals surface area contributed by atoms with Crippen LogP contribution in [0.3, 0.4) is 0 Å². The van der Waals surface area contributed by atoms with Gasteiger partial charge in [0.1, 0.15) is 6.61 Å². The summed E-state index contributed by atoms with van der Waals surface area (Å²) in [5, 5.41) is 11.9. The number of hydrogen-bond donors (Lipinski definition) is 2. The number of fused-ring (bicyclic) bond motifs is 1. The monoisotopic (exact) mass is 279 g/mol. The molecule has 0 aromatic carbocycles. The molecule has 0 radical (unpaired) electrons. The van der Waals surface area contributed by atoms with Gasteiger partial charge in [0.25, 0.3) is 0 Å². The van der Waals surface area contributed by atoms with Crippen molar-refractivity contribution in [3.63, 3.8) is 0 Å². The number of oxime groups is 1. The molecule has 1 aromatic rings. The average Bonchev–Trinajstić information content (AvgIpc) is 2.50. The largest absolute Gasteiger partial charge is 0.475 e. The van der Waals surface area contributed by atoms with Crippen molar-refractivity contribution in [1.29, 1.82) is 0 Å². The number of nitrogens with two attached hydrogens (primary N) is 1. The summed E-state index contributed by atoms with van der Waals surface area (Å²) in [6.07, 6.45) is 4.22. The quantitative estimate of drug-likeness (QED) is 0.270. The lowest BCUT2D eigenvalue weighted by molar-refractivity contribution is 0.108. The molecule has 0 spiro atoms. The van der Waals surface area contributed by atoms with E-state index in [1.54, 1.807) is 0 Å². The van der Waals surface area contributed by atoms with Gasteiger partial charge in [-0.2, -0.15) is 0 Å². The van der Waals surface area contributed by atoms with E-state index in [1.807, 2.05) is 13.0 Å². The first-order valence-corrected chi connectivity index (χ1v) is 6.97. The lowest BCUT2D eigenvalue weighted by atomic mass is 9.95. The maximum Gasteiger partial charge on any atom is 0.224 e. The number of pyridine rings is 1. The van der Waals surface area contributed by atoms with E-state index in [2.05, 4.69) is 10.1 Å². The Hall–Kier alpha value is -1.82. The highest BCUT2D eigenvalue weighted by molar-refractivity contribution is 5.99. The van der Waals surface area contributed by atoms with Crippen LogP contribution in [0.4, 0.5) is 0 Å².